The zero-order valence-corrected chi connectivity index (χ0v) is 20.5. The first-order chi connectivity index (χ1) is 18.1. The molecule has 10 N–H and O–H groups in total. The standard InChI is InChI=1S/C24H31N7O7/c1-12(33)20(31-21(34)16(25)6-13-8-27-17-5-3-2-4-15(13)17)23(36)30-19(10-32)22(35)29-18(24(37)38)7-14-9-26-11-28-14/h2-5,8-9,11-12,16,18-20,27,32-33H,6-7,10,25H2,1H3,(H,26,28)(H,29,35)(H,30,36)(H,31,34)(H,37,38). The average molecular weight is 530 g/mol. The normalized spacial score (nSPS) is 15.2. The number of rotatable bonds is 13. The van der Waals surface area contributed by atoms with Crippen LogP contribution in [-0.4, -0.2) is 90.8 Å². The number of aliphatic carboxylic acids is 1. The molecule has 0 bridgehead atoms. The van der Waals surface area contributed by atoms with E-state index in [1.54, 1.807) is 6.20 Å². The maximum Gasteiger partial charge on any atom is 0.326 e. The van der Waals surface area contributed by atoms with Gasteiger partial charge < -0.3 is 47.0 Å². The average Bonchev–Trinajstić information content (AvgIpc) is 3.54. The Morgan fingerprint density at radius 2 is 1.71 bits per heavy atom. The number of aromatic amines is 2. The third-order valence-electron chi connectivity index (χ3n) is 5.92. The van der Waals surface area contributed by atoms with Crippen molar-refractivity contribution in [1.29, 1.82) is 0 Å². The number of carboxylic acids is 1. The van der Waals surface area contributed by atoms with Gasteiger partial charge in [-0.1, -0.05) is 18.2 Å². The van der Waals surface area contributed by atoms with Crippen molar-refractivity contribution < 1.29 is 34.5 Å². The molecule has 0 spiro atoms. The van der Waals surface area contributed by atoms with Crippen LogP contribution in [0.15, 0.2) is 43.0 Å². The Balaban J connectivity index is 1.61. The molecule has 204 valence electrons. The van der Waals surface area contributed by atoms with Gasteiger partial charge in [-0.05, 0) is 25.0 Å². The Morgan fingerprint density at radius 3 is 2.34 bits per heavy atom. The molecule has 0 fully saturated rings. The number of hydrogen-bond donors (Lipinski definition) is 9. The van der Waals surface area contributed by atoms with Crippen LogP contribution in [0.1, 0.15) is 18.2 Å². The molecule has 2 heterocycles. The van der Waals surface area contributed by atoms with Crippen molar-refractivity contribution in [2.24, 2.45) is 5.73 Å². The van der Waals surface area contributed by atoms with E-state index < -0.39 is 60.6 Å². The zero-order valence-electron chi connectivity index (χ0n) is 20.5. The molecule has 5 unspecified atom stereocenters. The largest absolute Gasteiger partial charge is 0.480 e. The molecule has 5 atom stereocenters. The van der Waals surface area contributed by atoms with Crippen molar-refractivity contribution in [2.45, 2.75) is 50.0 Å². The van der Waals surface area contributed by atoms with Gasteiger partial charge in [-0.3, -0.25) is 14.4 Å². The minimum Gasteiger partial charge on any atom is -0.480 e. The fourth-order valence-electron chi connectivity index (χ4n) is 3.84. The summed E-state index contributed by atoms with van der Waals surface area (Å²) in [4.78, 5) is 59.4. The highest BCUT2D eigenvalue weighted by atomic mass is 16.4. The van der Waals surface area contributed by atoms with Gasteiger partial charge in [0.05, 0.1) is 25.1 Å². The van der Waals surface area contributed by atoms with Gasteiger partial charge in [0, 0.05) is 35.4 Å². The van der Waals surface area contributed by atoms with Crippen LogP contribution >= 0.6 is 0 Å². The van der Waals surface area contributed by atoms with Crippen molar-refractivity contribution in [3.8, 4) is 0 Å². The minimum atomic E-state index is -1.55. The number of nitrogens with one attached hydrogen (secondary N) is 5. The summed E-state index contributed by atoms with van der Waals surface area (Å²) in [5, 5.41) is 37.0. The van der Waals surface area contributed by atoms with Crippen molar-refractivity contribution in [1.82, 2.24) is 30.9 Å². The Bertz CT molecular complexity index is 1260. The summed E-state index contributed by atoms with van der Waals surface area (Å²) in [5.74, 6) is -4.00. The highest BCUT2D eigenvalue weighted by Gasteiger charge is 2.32. The lowest BCUT2D eigenvalue weighted by atomic mass is 10.0. The van der Waals surface area contributed by atoms with Gasteiger partial charge in [0.2, 0.25) is 17.7 Å². The molecule has 3 amide bonds. The number of aliphatic hydroxyl groups excluding tert-OH is 2. The fraction of sp³-hybridized carbons (Fsp3) is 0.375. The molecule has 14 heteroatoms. The molecule has 1 aromatic carbocycles. The lowest BCUT2D eigenvalue weighted by Gasteiger charge is -2.25. The van der Waals surface area contributed by atoms with E-state index in [1.807, 2.05) is 24.3 Å². The van der Waals surface area contributed by atoms with Crippen LogP contribution in [0.25, 0.3) is 10.9 Å². The van der Waals surface area contributed by atoms with Crippen LogP contribution < -0.4 is 21.7 Å². The van der Waals surface area contributed by atoms with Gasteiger partial charge in [-0.15, -0.1) is 0 Å². The van der Waals surface area contributed by atoms with Crippen LogP contribution in [0, 0.1) is 0 Å². The van der Waals surface area contributed by atoms with Crippen LogP contribution in [0.2, 0.25) is 0 Å². The second kappa shape index (κ2) is 12.8. The quantitative estimate of drug-likeness (QED) is 0.118. The maximum atomic E-state index is 12.8. The lowest BCUT2D eigenvalue weighted by molar-refractivity contribution is -0.142. The molecular weight excluding hydrogens is 498 g/mol. The van der Waals surface area contributed by atoms with Crippen molar-refractivity contribution in [2.75, 3.05) is 6.61 Å². The first-order valence-electron chi connectivity index (χ1n) is 11.8. The highest BCUT2D eigenvalue weighted by Crippen LogP contribution is 2.18. The number of aromatic nitrogens is 3. The number of nitrogens with two attached hydrogens (primary N) is 1. The Kier molecular flexibility index (Phi) is 9.54. The van der Waals surface area contributed by atoms with E-state index in [9.17, 15) is 34.5 Å². The van der Waals surface area contributed by atoms with Crippen molar-refractivity contribution in [3.05, 3.63) is 54.2 Å². The summed E-state index contributed by atoms with van der Waals surface area (Å²) in [6, 6.07) is 1.99. The van der Waals surface area contributed by atoms with E-state index in [0.29, 0.717) is 5.69 Å². The predicted molar refractivity (Wildman–Crippen MR) is 134 cm³/mol. The zero-order chi connectivity index (χ0) is 27.8. The molecular formula is C24H31N7O7. The number of carbonyl (C=O) groups is 4. The molecule has 3 rings (SSSR count). The monoisotopic (exact) mass is 529 g/mol. The van der Waals surface area contributed by atoms with Gasteiger partial charge in [0.25, 0.3) is 0 Å². The number of carbonyl (C=O) groups excluding carboxylic acids is 3. The molecule has 0 aliphatic rings. The number of hydrogen-bond acceptors (Lipinski definition) is 8. The van der Waals surface area contributed by atoms with E-state index >= 15 is 0 Å². The summed E-state index contributed by atoms with van der Waals surface area (Å²) in [6.07, 6.45) is 3.13. The second-order valence-corrected chi connectivity index (χ2v) is 8.82. The molecule has 2 aromatic heterocycles. The third kappa shape index (κ3) is 7.15. The van der Waals surface area contributed by atoms with Crippen LogP contribution in [0.3, 0.4) is 0 Å². The topological polar surface area (TPSA) is 236 Å². The fourth-order valence-corrected chi connectivity index (χ4v) is 3.84. The first-order valence-corrected chi connectivity index (χ1v) is 11.8. The highest BCUT2D eigenvalue weighted by molar-refractivity contribution is 5.94. The lowest BCUT2D eigenvalue weighted by Crippen LogP contribution is -2.60. The molecule has 0 radical (unpaired) electrons. The number of para-hydroxylation sites is 1. The number of carboxylic acid groups (broad SMARTS) is 1. The summed E-state index contributed by atoms with van der Waals surface area (Å²) >= 11 is 0. The molecule has 38 heavy (non-hydrogen) atoms. The molecule has 3 aromatic rings. The Labute approximate surface area is 217 Å². The minimum absolute atomic E-state index is 0.117. The molecule has 0 saturated heterocycles. The number of benzene rings is 1. The van der Waals surface area contributed by atoms with Gasteiger partial charge >= 0.3 is 5.97 Å². The van der Waals surface area contributed by atoms with Gasteiger partial charge in [-0.25, -0.2) is 9.78 Å². The van der Waals surface area contributed by atoms with Gasteiger partial charge in [-0.2, -0.15) is 0 Å². The SMILES string of the molecule is CC(O)C(NC(=O)C(N)Cc1c[nH]c2ccccc12)C(=O)NC(CO)C(=O)NC(Cc1cnc[nH]1)C(=O)O. The van der Waals surface area contributed by atoms with Gasteiger partial charge in [0.15, 0.2) is 0 Å². The van der Waals surface area contributed by atoms with Crippen molar-refractivity contribution >= 4 is 34.6 Å². The number of amides is 3. The maximum absolute atomic E-state index is 12.8. The van der Waals surface area contributed by atoms with Gasteiger partial charge in [0.1, 0.15) is 18.1 Å². The van der Waals surface area contributed by atoms with E-state index in [2.05, 4.69) is 30.9 Å². The number of imidazole rings is 1. The Morgan fingerprint density at radius 1 is 1.00 bits per heavy atom. The van der Waals surface area contributed by atoms with E-state index in [1.165, 1.54) is 19.4 Å². The van der Waals surface area contributed by atoms with E-state index in [-0.39, 0.29) is 12.8 Å². The molecule has 0 saturated carbocycles. The first kappa shape index (κ1) is 28.3. The van der Waals surface area contributed by atoms with E-state index in [0.717, 1.165) is 16.5 Å². The number of H-pyrrole nitrogens is 2. The summed E-state index contributed by atoms with van der Waals surface area (Å²) in [6.45, 7) is 0.392. The third-order valence-corrected chi connectivity index (χ3v) is 5.92. The molecule has 14 nitrogen and oxygen atoms in total. The second-order valence-electron chi connectivity index (χ2n) is 8.82. The van der Waals surface area contributed by atoms with Crippen molar-refractivity contribution in [3.63, 3.8) is 0 Å². The van der Waals surface area contributed by atoms with Crippen LogP contribution in [0.5, 0.6) is 0 Å². The summed E-state index contributed by atoms with van der Waals surface area (Å²) in [7, 11) is 0. The number of fused-ring (bicyclic) bond motifs is 1. The molecule has 0 aliphatic heterocycles. The summed E-state index contributed by atoms with van der Waals surface area (Å²) < 4.78 is 0. The van der Waals surface area contributed by atoms with Crippen LogP contribution in [-0.2, 0) is 32.0 Å². The Hall–Kier alpha value is -4.27. The predicted octanol–water partition coefficient (Wildman–Crippen LogP) is -2.08. The number of nitrogens with zero attached hydrogens (tertiary/aromatic N) is 1. The van der Waals surface area contributed by atoms with Crippen LogP contribution in [0.4, 0.5) is 0 Å². The summed E-state index contributed by atoms with van der Waals surface area (Å²) in [5.41, 5.74) is 8.17. The smallest absolute Gasteiger partial charge is 0.326 e. The molecule has 0 aliphatic carbocycles. The number of aliphatic hydroxyl groups is 2. The van der Waals surface area contributed by atoms with E-state index in [4.69, 9.17) is 5.73 Å².